The number of hydrogen-bond acceptors (Lipinski definition) is 2. The normalized spacial score (nSPS) is 11.1. The smallest absolute Gasteiger partial charge is 0.267 e. The fourth-order valence-electron chi connectivity index (χ4n) is 2.36. The number of benzene rings is 2. The predicted octanol–water partition coefficient (Wildman–Crippen LogP) is 3.99. The first kappa shape index (κ1) is 19.4. The Morgan fingerprint density at radius 3 is 2.08 bits per heavy atom. The molecule has 0 spiro atoms. The van der Waals surface area contributed by atoms with E-state index in [0.29, 0.717) is 12.1 Å². The first-order chi connectivity index (χ1) is 12.5. The number of carbonyl (C=O) groups is 2. The number of hydrogen-bond donors (Lipinski definition) is 2. The van der Waals surface area contributed by atoms with Gasteiger partial charge in [0.15, 0.2) is 0 Å². The second-order valence-corrected chi connectivity index (χ2v) is 6.40. The van der Waals surface area contributed by atoms with Crippen molar-refractivity contribution >= 4 is 17.9 Å². The zero-order valence-electron chi connectivity index (χ0n) is 15.6. The minimum absolute atomic E-state index is 0.246. The molecule has 0 atom stereocenters. The Balaban J connectivity index is 2.21. The highest BCUT2D eigenvalue weighted by Gasteiger charge is 2.14. The molecule has 2 N–H and O–H groups in total. The highest BCUT2D eigenvalue weighted by Crippen LogP contribution is 2.09. The topological polar surface area (TPSA) is 58.2 Å². The van der Waals surface area contributed by atoms with Crippen molar-refractivity contribution in [1.82, 2.24) is 10.6 Å². The van der Waals surface area contributed by atoms with E-state index in [-0.39, 0.29) is 17.5 Å². The minimum Gasteiger partial charge on any atom is -0.351 e. The van der Waals surface area contributed by atoms with E-state index in [1.54, 1.807) is 18.2 Å². The van der Waals surface area contributed by atoms with Gasteiger partial charge in [-0.05, 0) is 44.0 Å². The van der Waals surface area contributed by atoms with Gasteiger partial charge < -0.3 is 10.6 Å². The number of rotatable bonds is 7. The number of carbonyl (C=O) groups excluding carboxylic acids is 2. The number of aryl methyl sites for hydroxylation is 2. The van der Waals surface area contributed by atoms with Gasteiger partial charge in [-0.2, -0.15) is 0 Å². The summed E-state index contributed by atoms with van der Waals surface area (Å²) < 4.78 is 0. The average molecular weight is 350 g/mol. The molecule has 4 heteroatoms. The van der Waals surface area contributed by atoms with Gasteiger partial charge in [-0.25, -0.2) is 0 Å². The Morgan fingerprint density at radius 2 is 1.50 bits per heavy atom. The fraction of sp³-hybridized carbons (Fsp3) is 0.273. The van der Waals surface area contributed by atoms with Crippen molar-refractivity contribution in [2.45, 2.75) is 33.6 Å². The van der Waals surface area contributed by atoms with Crippen LogP contribution in [0, 0.1) is 13.8 Å². The molecule has 0 radical (unpaired) electrons. The molecule has 0 bridgehead atoms. The first-order valence-corrected chi connectivity index (χ1v) is 8.94. The molecule has 0 saturated carbocycles. The molecule has 26 heavy (non-hydrogen) atoms. The summed E-state index contributed by atoms with van der Waals surface area (Å²) in [6, 6.07) is 15.0. The third kappa shape index (κ3) is 5.88. The zero-order chi connectivity index (χ0) is 18.9. The van der Waals surface area contributed by atoms with Gasteiger partial charge in [0, 0.05) is 12.1 Å². The molecule has 0 aliphatic rings. The Morgan fingerprint density at radius 1 is 0.923 bits per heavy atom. The van der Waals surface area contributed by atoms with E-state index in [1.165, 1.54) is 0 Å². The van der Waals surface area contributed by atoms with Gasteiger partial charge >= 0.3 is 0 Å². The molecule has 0 aliphatic heterocycles. The van der Waals surface area contributed by atoms with Gasteiger partial charge in [-0.1, -0.05) is 60.9 Å². The molecule has 0 heterocycles. The monoisotopic (exact) mass is 350 g/mol. The van der Waals surface area contributed by atoms with Gasteiger partial charge in [0.25, 0.3) is 11.8 Å². The summed E-state index contributed by atoms with van der Waals surface area (Å²) in [5.74, 6) is -0.575. The molecule has 0 saturated heterocycles. The molecule has 2 aromatic carbocycles. The van der Waals surface area contributed by atoms with Gasteiger partial charge in [-0.15, -0.1) is 0 Å². The van der Waals surface area contributed by atoms with Crippen LogP contribution in [-0.4, -0.2) is 18.4 Å². The van der Waals surface area contributed by atoms with Crippen LogP contribution in [0.25, 0.3) is 6.08 Å². The lowest BCUT2D eigenvalue weighted by Gasteiger charge is -2.11. The van der Waals surface area contributed by atoms with Crippen molar-refractivity contribution in [2.75, 3.05) is 6.54 Å². The minimum atomic E-state index is -0.297. The quantitative estimate of drug-likeness (QED) is 0.586. The highest BCUT2D eigenvalue weighted by molar-refractivity contribution is 6.05. The molecule has 0 fully saturated rings. The molecule has 2 amide bonds. The van der Waals surface area contributed by atoms with Gasteiger partial charge in [-0.3, -0.25) is 9.59 Å². The van der Waals surface area contributed by atoms with Gasteiger partial charge in [0.2, 0.25) is 0 Å². The number of nitrogens with one attached hydrogen (secondary N) is 2. The SMILES string of the molecule is CCCCNC(=O)/C(=C/c1ccc(C)cc1)NC(=O)c1ccc(C)cc1. The van der Waals surface area contributed by atoms with Crippen molar-refractivity contribution in [1.29, 1.82) is 0 Å². The average Bonchev–Trinajstić information content (AvgIpc) is 2.63. The second-order valence-electron chi connectivity index (χ2n) is 6.40. The lowest BCUT2D eigenvalue weighted by molar-refractivity contribution is -0.117. The van der Waals surface area contributed by atoms with Crippen LogP contribution in [-0.2, 0) is 4.79 Å². The maximum absolute atomic E-state index is 12.5. The molecule has 0 aliphatic carbocycles. The van der Waals surface area contributed by atoms with E-state index in [1.807, 2.05) is 50.2 Å². The number of amides is 2. The van der Waals surface area contributed by atoms with Crippen LogP contribution in [0.1, 0.15) is 46.8 Å². The summed E-state index contributed by atoms with van der Waals surface area (Å²) in [7, 11) is 0. The van der Waals surface area contributed by atoms with Crippen LogP contribution in [0.3, 0.4) is 0 Å². The third-order valence-electron chi connectivity index (χ3n) is 4.01. The Bertz CT molecular complexity index is 775. The summed E-state index contributed by atoms with van der Waals surface area (Å²) in [6.45, 7) is 6.62. The largest absolute Gasteiger partial charge is 0.351 e. The Hall–Kier alpha value is -2.88. The summed E-state index contributed by atoms with van der Waals surface area (Å²) in [6.07, 6.45) is 3.59. The molecular weight excluding hydrogens is 324 g/mol. The van der Waals surface area contributed by atoms with Crippen molar-refractivity contribution in [3.63, 3.8) is 0 Å². The number of unbranched alkanes of at least 4 members (excludes halogenated alkanes) is 1. The van der Waals surface area contributed by atoms with Gasteiger partial charge in [0.05, 0.1) is 0 Å². The summed E-state index contributed by atoms with van der Waals surface area (Å²) in [5, 5.41) is 5.61. The van der Waals surface area contributed by atoms with Crippen LogP contribution in [0.4, 0.5) is 0 Å². The Labute approximate surface area is 155 Å². The van der Waals surface area contributed by atoms with E-state index < -0.39 is 0 Å². The highest BCUT2D eigenvalue weighted by atomic mass is 16.2. The van der Waals surface area contributed by atoms with Crippen LogP contribution in [0.2, 0.25) is 0 Å². The van der Waals surface area contributed by atoms with E-state index >= 15 is 0 Å². The van der Waals surface area contributed by atoms with Crippen LogP contribution >= 0.6 is 0 Å². The van der Waals surface area contributed by atoms with E-state index in [2.05, 4.69) is 17.6 Å². The van der Waals surface area contributed by atoms with E-state index in [0.717, 1.165) is 29.5 Å². The summed E-state index contributed by atoms with van der Waals surface area (Å²) >= 11 is 0. The molecule has 2 rings (SSSR count). The summed E-state index contributed by atoms with van der Waals surface area (Å²) in [5.41, 5.74) is 3.84. The molecule has 136 valence electrons. The van der Waals surface area contributed by atoms with E-state index in [4.69, 9.17) is 0 Å². The predicted molar refractivity (Wildman–Crippen MR) is 106 cm³/mol. The lowest BCUT2D eigenvalue weighted by Crippen LogP contribution is -2.35. The van der Waals surface area contributed by atoms with Crippen LogP contribution in [0.15, 0.2) is 54.2 Å². The molecule has 2 aromatic rings. The lowest BCUT2D eigenvalue weighted by atomic mass is 10.1. The van der Waals surface area contributed by atoms with Crippen LogP contribution in [0.5, 0.6) is 0 Å². The molecular formula is C22H26N2O2. The Kier molecular flexibility index (Phi) is 7.15. The molecule has 4 nitrogen and oxygen atoms in total. The van der Waals surface area contributed by atoms with Gasteiger partial charge in [0.1, 0.15) is 5.70 Å². The molecule has 0 unspecified atom stereocenters. The fourth-order valence-corrected chi connectivity index (χ4v) is 2.36. The second kappa shape index (κ2) is 9.56. The van der Waals surface area contributed by atoms with Crippen molar-refractivity contribution in [3.8, 4) is 0 Å². The zero-order valence-corrected chi connectivity index (χ0v) is 15.6. The van der Waals surface area contributed by atoms with Crippen molar-refractivity contribution < 1.29 is 9.59 Å². The first-order valence-electron chi connectivity index (χ1n) is 8.94. The third-order valence-corrected chi connectivity index (χ3v) is 4.01. The summed E-state index contributed by atoms with van der Waals surface area (Å²) in [4.78, 5) is 25.0. The van der Waals surface area contributed by atoms with E-state index in [9.17, 15) is 9.59 Å². The molecule has 0 aromatic heterocycles. The standard InChI is InChI=1S/C22H26N2O2/c1-4-5-14-23-22(26)20(15-18-10-6-16(2)7-11-18)24-21(25)19-12-8-17(3)9-13-19/h6-13,15H,4-5,14H2,1-3H3,(H,23,26)(H,24,25)/b20-15-. The maximum atomic E-state index is 12.5. The van der Waals surface area contributed by atoms with Crippen molar-refractivity contribution in [3.05, 3.63) is 76.5 Å². The van der Waals surface area contributed by atoms with Crippen LogP contribution < -0.4 is 10.6 Å². The van der Waals surface area contributed by atoms with Crippen molar-refractivity contribution in [2.24, 2.45) is 0 Å². The maximum Gasteiger partial charge on any atom is 0.267 e.